The van der Waals surface area contributed by atoms with Crippen molar-refractivity contribution in [2.45, 2.75) is 6.92 Å². The fourth-order valence-corrected chi connectivity index (χ4v) is 0.899. The summed E-state index contributed by atoms with van der Waals surface area (Å²) in [6.45, 7) is 2.01. The van der Waals surface area contributed by atoms with Crippen LogP contribution in [0.3, 0.4) is 0 Å². The average Bonchev–Trinajstić information content (AvgIpc) is 2.06. The van der Waals surface area contributed by atoms with Gasteiger partial charge in [0.1, 0.15) is 0 Å². The molecule has 12 heavy (non-hydrogen) atoms. The maximum absolute atomic E-state index is 8.35. The molecule has 0 fully saturated rings. The molecular weight excluding hydrogens is 148 g/mol. The van der Waals surface area contributed by atoms with Gasteiger partial charge in [0.15, 0.2) is 0 Å². The molecule has 0 aliphatic rings. The second kappa shape index (κ2) is 3.59. The van der Waals surface area contributed by atoms with Crippen molar-refractivity contribution in [3.05, 3.63) is 41.5 Å². The molecule has 1 rings (SSSR count). The summed E-state index contributed by atoms with van der Waals surface area (Å²) in [6.07, 6.45) is 1.34. The standard InChI is InChI=1S/C10H10N2/c1-8-2-4-9(5-3-8)10(12)6-7-11/h2-6H,12H2,1H3/b10-6+. The molecule has 60 valence electrons. The number of aryl methyl sites for hydroxylation is 1. The molecule has 0 atom stereocenters. The summed E-state index contributed by atoms with van der Waals surface area (Å²) >= 11 is 0. The van der Waals surface area contributed by atoms with Gasteiger partial charge in [-0.1, -0.05) is 29.8 Å². The first-order chi connectivity index (χ1) is 5.74. The Balaban J connectivity index is 2.99. The van der Waals surface area contributed by atoms with Crippen molar-refractivity contribution in [3.63, 3.8) is 0 Å². The predicted molar refractivity (Wildman–Crippen MR) is 49.0 cm³/mol. The van der Waals surface area contributed by atoms with Crippen LogP contribution in [0.15, 0.2) is 30.3 Å². The molecule has 0 aliphatic carbocycles. The van der Waals surface area contributed by atoms with E-state index in [-0.39, 0.29) is 0 Å². The lowest BCUT2D eigenvalue weighted by Crippen LogP contribution is -1.95. The van der Waals surface area contributed by atoms with Crippen LogP contribution in [0.4, 0.5) is 0 Å². The maximum atomic E-state index is 8.35. The number of nitrogens with zero attached hydrogens (tertiary/aromatic N) is 1. The normalized spacial score (nSPS) is 10.8. The van der Waals surface area contributed by atoms with Crippen molar-refractivity contribution >= 4 is 5.70 Å². The Hall–Kier alpha value is -1.75. The van der Waals surface area contributed by atoms with Gasteiger partial charge in [0, 0.05) is 11.8 Å². The zero-order valence-corrected chi connectivity index (χ0v) is 6.91. The first kappa shape index (κ1) is 8.35. The monoisotopic (exact) mass is 158 g/mol. The van der Waals surface area contributed by atoms with Gasteiger partial charge in [-0.15, -0.1) is 0 Å². The summed E-state index contributed by atoms with van der Waals surface area (Å²) in [5.41, 5.74) is 8.18. The van der Waals surface area contributed by atoms with Gasteiger partial charge < -0.3 is 5.73 Å². The molecular formula is C10H10N2. The first-order valence-corrected chi connectivity index (χ1v) is 3.66. The number of benzene rings is 1. The molecule has 0 spiro atoms. The number of rotatable bonds is 1. The second-order valence-electron chi connectivity index (χ2n) is 2.59. The highest BCUT2D eigenvalue weighted by Crippen LogP contribution is 2.09. The van der Waals surface area contributed by atoms with Gasteiger partial charge in [-0.3, -0.25) is 0 Å². The van der Waals surface area contributed by atoms with Crippen molar-refractivity contribution < 1.29 is 0 Å². The van der Waals surface area contributed by atoms with Gasteiger partial charge >= 0.3 is 0 Å². The molecule has 2 N–H and O–H groups in total. The van der Waals surface area contributed by atoms with Gasteiger partial charge in [-0.25, -0.2) is 0 Å². The molecule has 0 saturated heterocycles. The van der Waals surface area contributed by atoms with E-state index in [1.807, 2.05) is 37.3 Å². The first-order valence-electron chi connectivity index (χ1n) is 3.66. The number of nitrogens with two attached hydrogens (primary N) is 1. The van der Waals surface area contributed by atoms with Crippen molar-refractivity contribution in [2.24, 2.45) is 5.73 Å². The molecule has 0 aliphatic heterocycles. The lowest BCUT2D eigenvalue weighted by Gasteiger charge is -1.99. The molecule has 0 unspecified atom stereocenters. The van der Waals surface area contributed by atoms with Crippen LogP contribution < -0.4 is 5.73 Å². The summed E-state index contributed by atoms with van der Waals surface area (Å²) in [5.74, 6) is 0. The highest BCUT2D eigenvalue weighted by Gasteiger charge is 1.93. The van der Waals surface area contributed by atoms with E-state index >= 15 is 0 Å². The minimum atomic E-state index is 0.512. The lowest BCUT2D eigenvalue weighted by atomic mass is 10.1. The van der Waals surface area contributed by atoms with Crippen molar-refractivity contribution in [2.75, 3.05) is 0 Å². The largest absolute Gasteiger partial charge is 0.398 e. The Kier molecular flexibility index (Phi) is 2.49. The molecule has 0 saturated carbocycles. The van der Waals surface area contributed by atoms with E-state index < -0.39 is 0 Å². The van der Waals surface area contributed by atoms with Crippen LogP contribution in [0.5, 0.6) is 0 Å². The van der Waals surface area contributed by atoms with Gasteiger partial charge in [-0.2, -0.15) is 5.26 Å². The van der Waals surface area contributed by atoms with E-state index in [0.717, 1.165) is 5.56 Å². The van der Waals surface area contributed by atoms with Crippen LogP contribution in [-0.2, 0) is 0 Å². The smallest absolute Gasteiger partial charge is 0.0933 e. The van der Waals surface area contributed by atoms with Gasteiger partial charge in [0.25, 0.3) is 0 Å². The summed E-state index contributed by atoms with van der Waals surface area (Å²) < 4.78 is 0. The van der Waals surface area contributed by atoms with E-state index in [1.54, 1.807) is 0 Å². The number of hydrogen-bond donors (Lipinski definition) is 1. The number of allylic oxidation sites excluding steroid dienone is 1. The number of nitriles is 1. The zero-order valence-electron chi connectivity index (χ0n) is 6.91. The third kappa shape index (κ3) is 1.86. The van der Waals surface area contributed by atoms with E-state index in [1.165, 1.54) is 11.6 Å². The molecule has 1 aromatic rings. The van der Waals surface area contributed by atoms with E-state index in [4.69, 9.17) is 11.0 Å². The lowest BCUT2D eigenvalue weighted by molar-refractivity contribution is 1.43. The topological polar surface area (TPSA) is 49.8 Å². The van der Waals surface area contributed by atoms with Crippen LogP contribution in [0.2, 0.25) is 0 Å². The van der Waals surface area contributed by atoms with Gasteiger partial charge in [0.2, 0.25) is 0 Å². The Morgan fingerprint density at radius 3 is 2.50 bits per heavy atom. The summed E-state index contributed by atoms with van der Waals surface area (Å²) in [7, 11) is 0. The van der Waals surface area contributed by atoms with E-state index in [0.29, 0.717) is 5.70 Å². The Morgan fingerprint density at radius 1 is 1.42 bits per heavy atom. The van der Waals surface area contributed by atoms with Gasteiger partial charge in [-0.05, 0) is 12.5 Å². The molecule has 2 heteroatoms. The predicted octanol–water partition coefficient (Wildman–Crippen LogP) is 1.82. The summed E-state index contributed by atoms with van der Waals surface area (Å²) in [6, 6.07) is 9.63. The van der Waals surface area contributed by atoms with Crippen molar-refractivity contribution in [1.29, 1.82) is 5.26 Å². The van der Waals surface area contributed by atoms with E-state index in [2.05, 4.69) is 0 Å². The minimum Gasteiger partial charge on any atom is -0.398 e. The van der Waals surface area contributed by atoms with Crippen LogP contribution in [0.1, 0.15) is 11.1 Å². The van der Waals surface area contributed by atoms with Crippen LogP contribution in [-0.4, -0.2) is 0 Å². The van der Waals surface area contributed by atoms with Crippen molar-refractivity contribution in [1.82, 2.24) is 0 Å². The third-order valence-corrected chi connectivity index (χ3v) is 1.60. The molecule has 0 aromatic heterocycles. The minimum absolute atomic E-state index is 0.512. The fraction of sp³-hybridized carbons (Fsp3) is 0.100. The molecule has 2 nitrogen and oxygen atoms in total. The number of hydrogen-bond acceptors (Lipinski definition) is 2. The van der Waals surface area contributed by atoms with Gasteiger partial charge in [0.05, 0.1) is 6.07 Å². The summed E-state index contributed by atoms with van der Waals surface area (Å²) in [5, 5.41) is 8.35. The zero-order chi connectivity index (χ0) is 8.97. The Bertz CT molecular complexity index is 328. The SMILES string of the molecule is Cc1ccc(/C(N)=C\C#N)cc1. The maximum Gasteiger partial charge on any atom is 0.0933 e. The second-order valence-corrected chi connectivity index (χ2v) is 2.59. The highest BCUT2D eigenvalue weighted by atomic mass is 14.6. The molecule has 1 aromatic carbocycles. The van der Waals surface area contributed by atoms with Crippen LogP contribution >= 0.6 is 0 Å². The van der Waals surface area contributed by atoms with Crippen LogP contribution in [0.25, 0.3) is 5.70 Å². The molecule has 0 amide bonds. The average molecular weight is 158 g/mol. The fourth-order valence-electron chi connectivity index (χ4n) is 0.899. The van der Waals surface area contributed by atoms with Crippen molar-refractivity contribution in [3.8, 4) is 6.07 Å². The Morgan fingerprint density at radius 2 is 2.00 bits per heavy atom. The summed E-state index contributed by atoms with van der Waals surface area (Å²) in [4.78, 5) is 0. The highest BCUT2D eigenvalue weighted by molar-refractivity contribution is 5.64. The Labute approximate surface area is 71.9 Å². The molecule has 0 heterocycles. The van der Waals surface area contributed by atoms with E-state index in [9.17, 15) is 0 Å². The van der Waals surface area contributed by atoms with Crippen LogP contribution in [0, 0.1) is 18.3 Å². The molecule has 0 radical (unpaired) electrons. The molecule has 0 bridgehead atoms. The third-order valence-electron chi connectivity index (χ3n) is 1.60. The quantitative estimate of drug-likeness (QED) is 0.634.